The second-order valence-corrected chi connectivity index (χ2v) is 5.29. The van der Waals surface area contributed by atoms with E-state index in [1.165, 1.54) is 0 Å². The molecule has 0 atom stereocenters. The van der Waals surface area contributed by atoms with Gasteiger partial charge in [0.2, 0.25) is 5.91 Å². The Morgan fingerprint density at radius 2 is 2.00 bits per heavy atom. The second-order valence-electron chi connectivity index (χ2n) is 3.89. The number of hydrogen-bond acceptors (Lipinski definition) is 4. The summed E-state index contributed by atoms with van der Waals surface area (Å²) in [5, 5.41) is 8.81. The van der Waals surface area contributed by atoms with Crippen LogP contribution in [0.2, 0.25) is 0 Å². The van der Waals surface area contributed by atoms with Crippen LogP contribution in [0.3, 0.4) is 0 Å². The number of aliphatic hydroxyl groups is 1. The molecule has 0 aliphatic carbocycles. The zero-order chi connectivity index (χ0) is 11.8. The number of amides is 1. The first-order valence-corrected chi connectivity index (χ1v) is 7.12. The largest absolute Gasteiger partial charge is 0.395 e. The summed E-state index contributed by atoms with van der Waals surface area (Å²) >= 11 is 1.82. The Hall–Kier alpha value is -0.260. The van der Waals surface area contributed by atoms with Crippen LogP contribution in [-0.2, 0) is 4.79 Å². The van der Waals surface area contributed by atoms with Gasteiger partial charge in [-0.3, -0.25) is 9.69 Å². The fraction of sp³-hybridized carbons (Fsp3) is 0.909. The number of carbonyl (C=O) groups excluding carboxylic acids is 1. The van der Waals surface area contributed by atoms with Gasteiger partial charge >= 0.3 is 0 Å². The molecule has 94 valence electrons. The highest BCUT2D eigenvalue weighted by Gasteiger charge is 2.19. The van der Waals surface area contributed by atoms with Crippen LogP contribution in [0, 0.1) is 0 Å². The summed E-state index contributed by atoms with van der Waals surface area (Å²) in [5.41, 5.74) is 0. The lowest BCUT2D eigenvalue weighted by molar-refractivity contribution is -0.132. The molecular weight excluding hydrogens is 224 g/mol. The van der Waals surface area contributed by atoms with E-state index >= 15 is 0 Å². The predicted octanol–water partition coefficient (Wildman–Crippen LogP) is 0.266. The third-order valence-corrected chi connectivity index (χ3v) is 3.71. The smallest absolute Gasteiger partial charge is 0.223 e. The van der Waals surface area contributed by atoms with Crippen molar-refractivity contribution in [3.63, 3.8) is 0 Å². The Balaban J connectivity index is 2.17. The first-order valence-electron chi connectivity index (χ1n) is 5.96. The van der Waals surface area contributed by atoms with Crippen molar-refractivity contribution in [3.8, 4) is 0 Å². The van der Waals surface area contributed by atoms with Crippen LogP contribution in [0.25, 0.3) is 0 Å². The Morgan fingerprint density at radius 3 is 2.56 bits per heavy atom. The molecule has 1 fully saturated rings. The SMILES string of the molecule is CCSCCC(=O)N1CCN(CCO)CC1. The molecule has 1 aliphatic heterocycles. The molecule has 5 heteroatoms. The van der Waals surface area contributed by atoms with Gasteiger partial charge < -0.3 is 10.0 Å². The maximum absolute atomic E-state index is 11.8. The first kappa shape index (κ1) is 13.8. The van der Waals surface area contributed by atoms with E-state index in [2.05, 4.69) is 11.8 Å². The predicted molar refractivity (Wildman–Crippen MR) is 67.7 cm³/mol. The van der Waals surface area contributed by atoms with E-state index in [1.54, 1.807) is 0 Å². The van der Waals surface area contributed by atoms with Crippen molar-refractivity contribution in [2.75, 3.05) is 50.8 Å². The molecule has 0 aromatic carbocycles. The molecule has 1 rings (SSSR count). The van der Waals surface area contributed by atoms with Gasteiger partial charge in [0.1, 0.15) is 0 Å². The fourth-order valence-electron chi connectivity index (χ4n) is 1.82. The van der Waals surface area contributed by atoms with Gasteiger partial charge in [-0.05, 0) is 5.75 Å². The third kappa shape index (κ3) is 4.72. The van der Waals surface area contributed by atoms with Gasteiger partial charge in [-0.1, -0.05) is 6.92 Å². The van der Waals surface area contributed by atoms with Gasteiger partial charge in [-0.2, -0.15) is 11.8 Å². The lowest BCUT2D eigenvalue weighted by Gasteiger charge is -2.34. The molecule has 0 bridgehead atoms. The van der Waals surface area contributed by atoms with Gasteiger partial charge in [0, 0.05) is 44.9 Å². The molecule has 0 saturated carbocycles. The van der Waals surface area contributed by atoms with Gasteiger partial charge in [0.25, 0.3) is 0 Å². The Kier molecular flexibility index (Phi) is 6.84. The molecule has 0 aromatic heterocycles. The van der Waals surface area contributed by atoms with Crippen LogP contribution in [0.4, 0.5) is 0 Å². The van der Waals surface area contributed by atoms with Crippen LogP contribution in [0.15, 0.2) is 0 Å². The van der Waals surface area contributed by atoms with Gasteiger partial charge in [0.15, 0.2) is 0 Å². The van der Waals surface area contributed by atoms with E-state index in [-0.39, 0.29) is 12.5 Å². The summed E-state index contributed by atoms with van der Waals surface area (Å²) in [6, 6.07) is 0. The van der Waals surface area contributed by atoms with E-state index in [0.717, 1.165) is 44.2 Å². The Labute approximate surface area is 102 Å². The third-order valence-electron chi connectivity index (χ3n) is 2.81. The molecule has 16 heavy (non-hydrogen) atoms. The van der Waals surface area contributed by atoms with E-state index in [4.69, 9.17) is 5.11 Å². The number of nitrogens with zero attached hydrogens (tertiary/aromatic N) is 2. The number of hydrogen-bond donors (Lipinski definition) is 1. The van der Waals surface area contributed by atoms with Crippen molar-refractivity contribution in [1.29, 1.82) is 0 Å². The maximum Gasteiger partial charge on any atom is 0.223 e. The molecule has 4 nitrogen and oxygen atoms in total. The topological polar surface area (TPSA) is 43.8 Å². The number of β-amino-alcohol motifs (C(OH)–C–C–N with tert-alkyl or cyclic N) is 1. The van der Waals surface area contributed by atoms with Crippen molar-refractivity contribution < 1.29 is 9.90 Å². The van der Waals surface area contributed by atoms with Crippen LogP contribution in [0.5, 0.6) is 0 Å². The Morgan fingerprint density at radius 1 is 1.31 bits per heavy atom. The maximum atomic E-state index is 11.8. The molecule has 1 N–H and O–H groups in total. The monoisotopic (exact) mass is 246 g/mol. The summed E-state index contributed by atoms with van der Waals surface area (Å²) in [7, 11) is 0. The molecule has 1 saturated heterocycles. The number of thioether (sulfide) groups is 1. The van der Waals surface area contributed by atoms with Crippen LogP contribution in [0.1, 0.15) is 13.3 Å². The van der Waals surface area contributed by atoms with Gasteiger partial charge in [-0.15, -0.1) is 0 Å². The lowest BCUT2D eigenvalue weighted by atomic mass is 10.3. The summed E-state index contributed by atoms with van der Waals surface area (Å²) < 4.78 is 0. The quantitative estimate of drug-likeness (QED) is 0.683. The number of carbonyl (C=O) groups is 1. The number of rotatable bonds is 6. The zero-order valence-electron chi connectivity index (χ0n) is 10.0. The van der Waals surface area contributed by atoms with Crippen molar-refractivity contribution >= 4 is 17.7 Å². The van der Waals surface area contributed by atoms with Crippen LogP contribution >= 0.6 is 11.8 Å². The standard InChI is InChI=1S/C11H22N2O2S/c1-2-16-10-3-11(15)13-6-4-12(5-7-13)8-9-14/h14H,2-10H2,1H3. The minimum Gasteiger partial charge on any atom is -0.395 e. The highest BCUT2D eigenvalue weighted by molar-refractivity contribution is 7.99. The lowest BCUT2D eigenvalue weighted by Crippen LogP contribution is -2.49. The zero-order valence-corrected chi connectivity index (χ0v) is 10.8. The highest BCUT2D eigenvalue weighted by Crippen LogP contribution is 2.07. The summed E-state index contributed by atoms with van der Waals surface area (Å²) in [6.45, 7) is 6.48. The van der Waals surface area contributed by atoms with E-state index in [9.17, 15) is 4.79 Å². The van der Waals surface area contributed by atoms with Crippen molar-refractivity contribution in [2.45, 2.75) is 13.3 Å². The average Bonchev–Trinajstić information content (AvgIpc) is 2.30. The number of piperazine rings is 1. The first-order chi connectivity index (χ1) is 7.77. The molecule has 1 heterocycles. The van der Waals surface area contributed by atoms with Gasteiger partial charge in [0.05, 0.1) is 6.61 Å². The van der Waals surface area contributed by atoms with Gasteiger partial charge in [-0.25, -0.2) is 0 Å². The minimum absolute atomic E-state index is 0.209. The second kappa shape index (κ2) is 7.92. The van der Waals surface area contributed by atoms with E-state index < -0.39 is 0 Å². The van der Waals surface area contributed by atoms with Crippen molar-refractivity contribution in [3.05, 3.63) is 0 Å². The average molecular weight is 246 g/mol. The fourth-order valence-corrected chi connectivity index (χ4v) is 2.43. The normalized spacial score (nSPS) is 17.8. The Bertz CT molecular complexity index is 206. The number of aliphatic hydroxyl groups excluding tert-OH is 1. The van der Waals surface area contributed by atoms with Crippen molar-refractivity contribution in [2.24, 2.45) is 0 Å². The molecular formula is C11H22N2O2S. The van der Waals surface area contributed by atoms with Crippen LogP contribution < -0.4 is 0 Å². The molecule has 0 unspecified atom stereocenters. The summed E-state index contributed by atoms with van der Waals surface area (Å²) in [5.74, 6) is 2.30. The molecule has 0 spiro atoms. The highest BCUT2D eigenvalue weighted by atomic mass is 32.2. The molecule has 1 aliphatic rings. The van der Waals surface area contributed by atoms with E-state index in [1.807, 2.05) is 16.7 Å². The van der Waals surface area contributed by atoms with Crippen LogP contribution in [-0.4, -0.2) is 71.6 Å². The molecule has 1 amide bonds. The molecule has 0 radical (unpaired) electrons. The minimum atomic E-state index is 0.209. The summed E-state index contributed by atoms with van der Waals surface area (Å²) in [4.78, 5) is 15.9. The van der Waals surface area contributed by atoms with E-state index in [0.29, 0.717) is 6.42 Å². The summed E-state index contributed by atoms with van der Waals surface area (Å²) in [6.07, 6.45) is 0.665. The molecule has 0 aromatic rings. The van der Waals surface area contributed by atoms with Crippen molar-refractivity contribution in [1.82, 2.24) is 9.80 Å².